The van der Waals surface area contributed by atoms with E-state index < -0.39 is 0 Å². The third-order valence-corrected chi connectivity index (χ3v) is 3.97. The molecule has 0 unspecified atom stereocenters. The van der Waals surface area contributed by atoms with Crippen LogP contribution in [-0.4, -0.2) is 25.5 Å². The molecule has 2 aromatic carbocycles. The molecule has 2 aromatic rings. The van der Waals surface area contributed by atoms with E-state index in [-0.39, 0.29) is 37.2 Å². The van der Waals surface area contributed by atoms with E-state index in [1.165, 1.54) is 11.6 Å². The molecule has 1 amide bonds. The summed E-state index contributed by atoms with van der Waals surface area (Å²) in [5.41, 5.74) is 2.77. The van der Waals surface area contributed by atoms with Crippen molar-refractivity contribution in [1.29, 1.82) is 0 Å². The molecule has 0 fully saturated rings. The van der Waals surface area contributed by atoms with E-state index in [9.17, 15) is 9.18 Å². The predicted molar refractivity (Wildman–Crippen MR) is 95.9 cm³/mol. The number of nitrogens with one attached hydrogen (secondary N) is 2. The monoisotopic (exact) mass is 349 g/mol. The van der Waals surface area contributed by atoms with Gasteiger partial charge in [-0.25, -0.2) is 4.39 Å². The Bertz CT molecular complexity index is 695. The first-order chi connectivity index (χ1) is 11.2. The Balaban J connectivity index is 0.00000208. The molecule has 6 heteroatoms. The highest BCUT2D eigenvalue weighted by molar-refractivity contribution is 5.85. The van der Waals surface area contributed by atoms with Gasteiger partial charge in [0.2, 0.25) is 5.91 Å². The summed E-state index contributed by atoms with van der Waals surface area (Å²) in [6.07, 6.45) is 0. The number of nitrogens with zero attached hydrogens (tertiary/aromatic N) is 1. The van der Waals surface area contributed by atoms with Crippen LogP contribution >= 0.6 is 12.4 Å². The molecule has 0 aromatic heterocycles. The van der Waals surface area contributed by atoms with Gasteiger partial charge in [0, 0.05) is 37.4 Å². The maximum atomic E-state index is 13.6. The van der Waals surface area contributed by atoms with Gasteiger partial charge >= 0.3 is 0 Å². The fourth-order valence-corrected chi connectivity index (χ4v) is 2.76. The molecule has 1 aliphatic rings. The molecule has 0 spiro atoms. The zero-order valence-corrected chi connectivity index (χ0v) is 14.1. The fourth-order valence-electron chi connectivity index (χ4n) is 2.76. The van der Waals surface area contributed by atoms with Crippen LogP contribution in [0.15, 0.2) is 48.5 Å². The van der Waals surface area contributed by atoms with Crippen LogP contribution < -0.4 is 15.5 Å². The lowest BCUT2D eigenvalue weighted by atomic mass is 10.1. The minimum atomic E-state index is -0.294. The minimum absolute atomic E-state index is 0. The number of hydrogen-bond donors (Lipinski definition) is 2. The Morgan fingerprint density at radius 1 is 1.17 bits per heavy atom. The number of amides is 1. The van der Waals surface area contributed by atoms with Gasteiger partial charge in [0.1, 0.15) is 5.82 Å². The second kappa shape index (κ2) is 8.66. The van der Waals surface area contributed by atoms with Gasteiger partial charge in [0.15, 0.2) is 0 Å². The third kappa shape index (κ3) is 4.46. The number of halogens is 2. The van der Waals surface area contributed by atoms with Crippen molar-refractivity contribution in [2.24, 2.45) is 0 Å². The maximum Gasteiger partial charge on any atom is 0.239 e. The zero-order valence-electron chi connectivity index (χ0n) is 13.3. The van der Waals surface area contributed by atoms with Crippen molar-refractivity contribution in [2.45, 2.75) is 13.1 Å². The van der Waals surface area contributed by atoms with E-state index in [4.69, 9.17) is 0 Å². The summed E-state index contributed by atoms with van der Waals surface area (Å²) in [7, 11) is 0. The Kier molecular flexibility index (Phi) is 6.58. The first kappa shape index (κ1) is 18.2. The Morgan fingerprint density at radius 3 is 2.75 bits per heavy atom. The molecule has 2 N–H and O–H groups in total. The van der Waals surface area contributed by atoms with Crippen molar-refractivity contribution in [1.82, 2.24) is 10.6 Å². The highest BCUT2D eigenvalue weighted by Gasteiger charge is 2.17. The number of carbonyl (C=O) groups excluding carboxylic acids is 1. The summed E-state index contributed by atoms with van der Waals surface area (Å²) in [5, 5.41) is 6.15. The van der Waals surface area contributed by atoms with Crippen LogP contribution in [0.1, 0.15) is 11.1 Å². The fraction of sp³-hybridized carbons (Fsp3) is 0.278. The van der Waals surface area contributed by atoms with Crippen LogP contribution in [0.2, 0.25) is 0 Å². The Labute approximate surface area is 147 Å². The summed E-state index contributed by atoms with van der Waals surface area (Å²) in [6, 6.07) is 14.6. The van der Waals surface area contributed by atoms with Crippen molar-refractivity contribution in [3.05, 3.63) is 65.5 Å². The smallest absolute Gasteiger partial charge is 0.239 e. The Hall–Kier alpha value is -2.11. The van der Waals surface area contributed by atoms with E-state index in [2.05, 4.69) is 21.6 Å². The molecular formula is C18H21ClFN3O. The molecule has 0 radical (unpaired) electrons. The number of fused-ring (bicyclic) bond motifs is 1. The standard InChI is InChI=1S/C18H20FN3O.ClH/c19-16-7-3-1-5-14(16)12-21-18(23)13-22-10-9-20-11-15-6-2-4-8-17(15)22;/h1-8,20H,9-13H2,(H,21,23);1H. The maximum absolute atomic E-state index is 13.6. The van der Waals surface area contributed by atoms with E-state index in [1.807, 2.05) is 18.2 Å². The topological polar surface area (TPSA) is 44.4 Å². The average molecular weight is 350 g/mol. The number of benzene rings is 2. The lowest BCUT2D eigenvalue weighted by Gasteiger charge is -2.23. The van der Waals surface area contributed by atoms with Gasteiger partial charge in [0.05, 0.1) is 6.54 Å². The van der Waals surface area contributed by atoms with Gasteiger partial charge in [-0.1, -0.05) is 36.4 Å². The molecular weight excluding hydrogens is 329 g/mol. The van der Waals surface area contributed by atoms with E-state index in [0.717, 1.165) is 25.3 Å². The van der Waals surface area contributed by atoms with Crippen LogP contribution in [0.4, 0.5) is 10.1 Å². The van der Waals surface area contributed by atoms with Gasteiger partial charge in [-0.2, -0.15) is 0 Å². The second-order valence-electron chi connectivity index (χ2n) is 5.60. The van der Waals surface area contributed by atoms with Crippen LogP contribution in [0.25, 0.3) is 0 Å². The quantitative estimate of drug-likeness (QED) is 0.891. The van der Waals surface area contributed by atoms with Crippen LogP contribution in [0.3, 0.4) is 0 Å². The van der Waals surface area contributed by atoms with Gasteiger partial charge in [0.25, 0.3) is 0 Å². The predicted octanol–water partition coefficient (Wildman–Crippen LogP) is 2.47. The number of para-hydroxylation sites is 1. The SMILES string of the molecule is Cl.O=C(CN1CCNCc2ccccc21)NCc1ccccc1F. The average Bonchev–Trinajstić information content (AvgIpc) is 2.77. The molecule has 1 heterocycles. The Morgan fingerprint density at radius 2 is 1.92 bits per heavy atom. The van der Waals surface area contributed by atoms with Gasteiger partial charge < -0.3 is 15.5 Å². The summed E-state index contributed by atoms with van der Waals surface area (Å²) < 4.78 is 13.6. The second-order valence-corrected chi connectivity index (χ2v) is 5.60. The number of carbonyl (C=O) groups is 1. The summed E-state index contributed by atoms with van der Waals surface area (Å²) in [6.45, 7) is 2.88. The molecule has 128 valence electrons. The highest BCUT2D eigenvalue weighted by atomic mass is 35.5. The van der Waals surface area contributed by atoms with Crippen molar-refractivity contribution in [3.63, 3.8) is 0 Å². The number of anilines is 1. The van der Waals surface area contributed by atoms with Crippen LogP contribution in [0, 0.1) is 5.82 Å². The molecule has 4 nitrogen and oxygen atoms in total. The lowest BCUT2D eigenvalue weighted by molar-refractivity contribution is -0.119. The third-order valence-electron chi connectivity index (χ3n) is 3.97. The first-order valence-corrected chi connectivity index (χ1v) is 7.78. The normalized spacial score (nSPS) is 13.5. The minimum Gasteiger partial charge on any atom is -0.361 e. The van der Waals surface area contributed by atoms with Gasteiger partial charge in [-0.3, -0.25) is 4.79 Å². The highest BCUT2D eigenvalue weighted by Crippen LogP contribution is 2.21. The number of hydrogen-bond acceptors (Lipinski definition) is 3. The van der Waals surface area contributed by atoms with E-state index >= 15 is 0 Å². The first-order valence-electron chi connectivity index (χ1n) is 7.78. The summed E-state index contributed by atoms with van der Waals surface area (Å²) in [5.74, 6) is -0.401. The number of rotatable bonds is 4. The van der Waals surface area contributed by atoms with E-state index in [0.29, 0.717) is 5.56 Å². The molecule has 1 aliphatic heterocycles. The van der Waals surface area contributed by atoms with Crippen molar-refractivity contribution in [2.75, 3.05) is 24.5 Å². The molecule has 0 saturated carbocycles. The summed E-state index contributed by atoms with van der Waals surface area (Å²) >= 11 is 0. The molecule has 0 aliphatic carbocycles. The molecule has 0 bridgehead atoms. The van der Waals surface area contributed by atoms with Crippen molar-refractivity contribution in [3.8, 4) is 0 Å². The van der Waals surface area contributed by atoms with E-state index in [1.54, 1.807) is 18.2 Å². The molecule has 24 heavy (non-hydrogen) atoms. The molecule has 3 rings (SSSR count). The lowest BCUT2D eigenvalue weighted by Crippen LogP contribution is -2.39. The van der Waals surface area contributed by atoms with Crippen LogP contribution in [0.5, 0.6) is 0 Å². The van der Waals surface area contributed by atoms with Crippen molar-refractivity contribution >= 4 is 24.0 Å². The van der Waals surface area contributed by atoms with Gasteiger partial charge in [-0.05, 0) is 17.7 Å². The van der Waals surface area contributed by atoms with Gasteiger partial charge in [-0.15, -0.1) is 12.4 Å². The van der Waals surface area contributed by atoms with Crippen molar-refractivity contribution < 1.29 is 9.18 Å². The molecule has 0 atom stereocenters. The largest absolute Gasteiger partial charge is 0.361 e. The molecule has 0 saturated heterocycles. The summed E-state index contributed by atoms with van der Waals surface area (Å²) in [4.78, 5) is 14.3. The van der Waals surface area contributed by atoms with Crippen LogP contribution in [-0.2, 0) is 17.9 Å². The zero-order chi connectivity index (χ0) is 16.1.